The molecule has 2 rings (SSSR count). The molecule has 1 aromatic rings. The highest BCUT2D eigenvalue weighted by Crippen LogP contribution is 2.42. The Morgan fingerprint density at radius 3 is 2.40 bits per heavy atom. The van der Waals surface area contributed by atoms with Crippen molar-refractivity contribution in [3.63, 3.8) is 0 Å². The number of sulfone groups is 1. The first kappa shape index (κ1) is 15.4. The van der Waals surface area contributed by atoms with Crippen molar-refractivity contribution in [2.24, 2.45) is 5.92 Å². The average Bonchev–Trinajstić information content (AvgIpc) is 2.39. The predicted octanol–water partition coefficient (Wildman–Crippen LogP) is 2.82. The Kier molecular flexibility index (Phi) is 4.16. The standard InChI is InChI=1S/C14H19F2NO2S/c1-4-7-17-13-8(2)9(3)20(18,19)14-11(16)6-5-10(15)12(13)14/h5-6,8-9,13,17H,4,7H2,1-3H3. The van der Waals surface area contributed by atoms with E-state index < -0.39 is 37.7 Å². The molecule has 112 valence electrons. The first-order valence-corrected chi connectivity index (χ1v) is 8.32. The van der Waals surface area contributed by atoms with E-state index in [0.717, 1.165) is 18.6 Å². The van der Waals surface area contributed by atoms with E-state index in [2.05, 4.69) is 5.32 Å². The van der Waals surface area contributed by atoms with Gasteiger partial charge in [0.1, 0.15) is 16.5 Å². The molecule has 0 saturated carbocycles. The summed E-state index contributed by atoms with van der Waals surface area (Å²) in [4.78, 5) is -0.475. The summed E-state index contributed by atoms with van der Waals surface area (Å²) in [5, 5.41) is 2.39. The number of rotatable bonds is 3. The van der Waals surface area contributed by atoms with Crippen molar-refractivity contribution >= 4 is 9.84 Å². The van der Waals surface area contributed by atoms with E-state index in [9.17, 15) is 17.2 Å². The van der Waals surface area contributed by atoms with Crippen LogP contribution in [0.5, 0.6) is 0 Å². The Morgan fingerprint density at radius 2 is 1.80 bits per heavy atom. The van der Waals surface area contributed by atoms with Gasteiger partial charge in [0.15, 0.2) is 9.84 Å². The average molecular weight is 303 g/mol. The molecule has 20 heavy (non-hydrogen) atoms. The highest BCUT2D eigenvalue weighted by Gasteiger charge is 2.44. The van der Waals surface area contributed by atoms with E-state index in [-0.39, 0.29) is 11.5 Å². The van der Waals surface area contributed by atoms with Gasteiger partial charge in [-0.15, -0.1) is 0 Å². The van der Waals surface area contributed by atoms with Crippen LogP contribution in [0, 0.1) is 17.6 Å². The molecule has 1 aliphatic rings. The van der Waals surface area contributed by atoms with Crippen molar-refractivity contribution in [2.45, 2.75) is 43.4 Å². The Morgan fingerprint density at radius 1 is 1.20 bits per heavy atom. The fraction of sp³-hybridized carbons (Fsp3) is 0.571. The van der Waals surface area contributed by atoms with Gasteiger partial charge in [-0.3, -0.25) is 0 Å². The summed E-state index contributed by atoms with van der Waals surface area (Å²) < 4.78 is 52.8. The van der Waals surface area contributed by atoms with Gasteiger partial charge in [-0.05, 0) is 37.9 Å². The van der Waals surface area contributed by atoms with Gasteiger partial charge in [-0.25, -0.2) is 17.2 Å². The molecule has 0 bridgehead atoms. The van der Waals surface area contributed by atoms with Crippen LogP contribution in [0.3, 0.4) is 0 Å². The van der Waals surface area contributed by atoms with E-state index in [4.69, 9.17) is 0 Å². The van der Waals surface area contributed by atoms with Crippen molar-refractivity contribution in [1.82, 2.24) is 5.32 Å². The number of hydrogen-bond donors (Lipinski definition) is 1. The molecule has 3 nitrogen and oxygen atoms in total. The summed E-state index contributed by atoms with van der Waals surface area (Å²) in [6.45, 7) is 5.89. The molecule has 0 saturated heterocycles. The van der Waals surface area contributed by atoms with Gasteiger partial charge in [0.2, 0.25) is 0 Å². The van der Waals surface area contributed by atoms with Crippen molar-refractivity contribution in [1.29, 1.82) is 0 Å². The third-order valence-electron chi connectivity index (χ3n) is 4.06. The molecule has 6 heteroatoms. The molecule has 0 spiro atoms. The van der Waals surface area contributed by atoms with Crippen molar-refractivity contribution in [3.8, 4) is 0 Å². The minimum atomic E-state index is -3.84. The lowest BCUT2D eigenvalue weighted by Crippen LogP contribution is -2.42. The topological polar surface area (TPSA) is 46.2 Å². The first-order chi connectivity index (χ1) is 9.32. The third-order valence-corrected chi connectivity index (χ3v) is 6.45. The predicted molar refractivity (Wildman–Crippen MR) is 73.2 cm³/mol. The summed E-state index contributed by atoms with van der Waals surface area (Å²) in [5.41, 5.74) is -0.0518. The van der Waals surface area contributed by atoms with Crippen molar-refractivity contribution in [3.05, 3.63) is 29.3 Å². The number of halogens is 2. The lowest BCUT2D eigenvalue weighted by molar-refractivity contribution is 0.341. The molecule has 3 unspecified atom stereocenters. The maximum Gasteiger partial charge on any atom is 0.184 e. The maximum absolute atomic E-state index is 14.1. The third kappa shape index (κ3) is 2.24. The van der Waals surface area contributed by atoms with E-state index >= 15 is 0 Å². The Balaban J connectivity index is 2.69. The first-order valence-electron chi connectivity index (χ1n) is 6.77. The van der Waals surface area contributed by atoms with E-state index in [1.165, 1.54) is 0 Å². The summed E-state index contributed by atoms with van der Waals surface area (Å²) in [5.74, 6) is -1.86. The second-order valence-electron chi connectivity index (χ2n) is 5.31. The largest absolute Gasteiger partial charge is 0.310 e. The van der Waals surface area contributed by atoms with E-state index in [1.54, 1.807) is 13.8 Å². The van der Waals surface area contributed by atoms with Crippen molar-refractivity contribution in [2.75, 3.05) is 6.54 Å². The monoisotopic (exact) mass is 303 g/mol. The molecule has 1 heterocycles. The number of fused-ring (bicyclic) bond motifs is 1. The fourth-order valence-electron chi connectivity index (χ4n) is 2.72. The normalized spacial score (nSPS) is 28.1. The zero-order valence-electron chi connectivity index (χ0n) is 11.8. The Labute approximate surface area is 118 Å². The molecule has 0 aromatic heterocycles. The number of hydrogen-bond acceptors (Lipinski definition) is 3. The van der Waals surface area contributed by atoms with Crippen LogP contribution in [0.1, 0.15) is 38.8 Å². The van der Waals surface area contributed by atoms with Crippen LogP contribution in [0.25, 0.3) is 0 Å². The second-order valence-corrected chi connectivity index (χ2v) is 7.55. The van der Waals surface area contributed by atoms with Crippen LogP contribution in [0.15, 0.2) is 17.0 Å². The molecule has 0 amide bonds. The maximum atomic E-state index is 14.1. The Hall–Kier alpha value is -1.01. The molecule has 0 radical (unpaired) electrons. The van der Waals surface area contributed by atoms with Crippen LogP contribution in [0.2, 0.25) is 0 Å². The minimum absolute atomic E-state index is 0.0518. The van der Waals surface area contributed by atoms with Gasteiger partial charge in [0.05, 0.1) is 5.25 Å². The molecule has 0 aliphatic carbocycles. The van der Waals surface area contributed by atoms with Gasteiger partial charge in [-0.1, -0.05) is 13.8 Å². The summed E-state index contributed by atoms with van der Waals surface area (Å²) in [6.07, 6.45) is 0.830. The molecule has 1 N–H and O–H groups in total. The van der Waals surface area contributed by atoms with Crippen LogP contribution in [-0.4, -0.2) is 20.2 Å². The Bertz CT molecular complexity index is 616. The van der Waals surface area contributed by atoms with Crippen LogP contribution < -0.4 is 5.32 Å². The molecule has 1 aliphatic heterocycles. The van der Waals surface area contributed by atoms with Crippen molar-refractivity contribution < 1.29 is 17.2 Å². The molecule has 3 atom stereocenters. The van der Waals surface area contributed by atoms with Gasteiger partial charge in [0, 0.05) is 11.6 Å². The van der Waals surface area contributed by atoms with Crippen LogP contribution in [-0.2, 0) is 9.84 Å². The zero-order valence-corrected chi connectivity index (χ0v) is 12.6. The lowest BCUT2D eigenvalue weighted by atomic mass is 9.90. The molecule has 1 aromatic carbocycles. The van der Waals surface area contributed by atoms with E-state index in [0.29, 0.717) is 6.54 Å². The zero-order chi connectivity index (χ0) is 15.1. The summed E-state index contributed by atoms with van der Waals surface area (Å²) in [6, 6.07) is 1.39. The molecular weight excluding hydrogens is 284 g/mol. The second kappa shape index (κ2) is 5.41. The minimum Gasteiger partial charge on any atom is -0.310 e. The van der Waals surface area contributed by atoms with Crippen LogP contribution >= 0.6 is 0 Å². The fourth-order valence-corrected chi connectivity index (χ4v) is 4.68. The van der Waals surface area contributed by atoms with Gasteiger partial charge < -0.3 is 5.32 Å². The highest BCUT2D eigenvalue weighted by atomic mass is 32.2. The summed E-state index contributed by atoms with van der Waals surface area (Å²) >= 11 is 0. The quantitative estimate of drug-likeness (QED) is 0.934. The van der Waals surface area contributed by atoms with Gasteiger partial charge in [-0.2, -0.15) is 0 Å². The molecular formula is C14H19F2NO2S. The molecule has 0 fully saturated rings. The summed E-state index contributed by atoms with van der Waals surface area (Å²) in [7, 11) is -3.84. The van der Waals surface area contributed by atoms with E-state index in [1.807, 2.05) is 6.92 Å². The van der Waals surface area contributed by atoms with Gasteiger partial charge >= 0.3 is 0 Å². The lowest BCUT2D eigenvalue weighted by Gasteiger charge is -2.36. The smallest absolute Gasteiger partial charge is 0.184 e. The SMILES string of the molecule is CCCNC1c2c(F)ccc(F)c2S(=O)(=O)C(C)C1C. The number of nitrogens with one attached hydrogen (secondary N) is 1. The van der Waals surface area contributed by atoms with Gasteiger partial charge in [0.25, 0.3) is 0 Å². The van der Waals surface area contributed by atoms with Crippen LogP contribution in [0.4, 0.5) is 8.78 Å². The highest BCUT2D eigenvalue weighted by molar-refractivity contribution is 7.92. The number of benzene rings is 1.